The van der Waals surface area contributed by atoms with Crippen molar-refractivity contribution >= 4 is 28.8 Å². The SMILES string of the molecule is CC(C)(C)OC(=O)N1CCC[C@@]2(CCN2Cc2csc(-c3ccsc3)n2)C1. The fourth-order valence-electron chi connectivity index (χ4n) is 3.98. The maximum atomic E-state index is 12.5. The van der Waals surface area contributed by atoms with Gasteiger partial charge in [-0.25, -0.2) is 9.78 Å². The molecule has 2 fully saturated rings. The van der Waals surface area contributed by atoms with E-state index in [0.29, 0.717) is 0 Å². The Hall–Kier alpha value is -1.44. The van der Waals surface area contributed by atoms with E-state index in [1.807, 2.05) is 25.7 Å². The number of thiophene rings is 1. The highest BCUT2D eigenvalue weighted by atomic mass is 32.1. The molecule has 4 heterocycles. The van der Waals surface area contributed by atoms with E-state index in [2.05, 4.69) is 27.1 Å². The van der Waals surface area contributed by atoms with Crippen LogP contribution in [0.3, 0.4) is 0 Å². The summed E-state index contributed by atoms with van der Waals surface area (Å²) in [6, 6.07) is 2.12. The van der Waals surface area contributed by atoms with Crippen LogP contribution in [-0.2, 0) is 11.3 Å². The average molecular weight is 406 g/mol. The Morgan fingerprint density at radius 3 is 2.81 bits per heavy atom. The van der Waals surface area contributed by atoms with Crippen LogP contribution in [0.4, 0.5) is 4.79 Å². The number of carbonyl (C=O) groups is 1. The number of ether oxygens (including phenoxy) is 1. The number of carbonyl (C=O) groups excluding carboxylic acids is 1. The Morgan fingerprint density at radius 1 is 1.30 bits per heavy atom. The lowest BCUT2D eigenvalue weighted by Gasteiger charge is -2.56. The second kappa shape index (κ2) is 7.18. The summed E-state index contributed by atoms with van der Waals surface area (Å²) in [5.74, 6) is 0. The monoisotopic (exact) mass is 405 g/mol. The molecule has 0 radical (unpaired) electrons. The molecule has 5 nitrogen and oxygen atoms in total. The number of rotatable bonds is 3. The minimum atomic E-state index is -0.445. The van der Waals surface area contributed by atoms with Crippen molar-refractivity contribution in [2.24, 2.45) is 0 Å². The van der Waals surface area contributed by atoms with Gasteiger partial charge in [-0.1, -0.05) is 0 Å². The zero-order valence-electron chi connectivity index (χ0n) is 16.2. The van der Waals surface area contributed by atoms with E-state index >= 15 is 0 Å². The highest BCUT2D eigenvalue weighted by molar-refractivity contribution is 7.14. The molecule has 2 aliphatic heterocycles. The van der Waals surface area contributed by atoms with Gasteiger partial charge in [0.05, 0.1) is 5.69 Å². The average Bonchev–Trinajstić information content (AvgIpc) is 3.28. The minimum absolute atomic E-state index is 0.0985. The topological polar surface area (TPSA) is 45.7 Å². The van der Waals surface area contributed by atoms with Gasteiger partial charge >= 0.3 is 6.09 Å². The fourth-order valence-corrected chi connectivity index (χ4v) is 5.51. The smallest absolute Gasteiger partial charge is 0.410 e. The Morgan fingerprint density at radius 2 is 2.15 bits per heavy atom. The van der Waals surface area contributed by atoms with E-state index in [1.54, 1.807) is 22.7 Å². The number of piperidine rings is 1. The lowest BCUT2D eigenvalue weighted by atomic mass is 9.77. The van der Waals surface area contributed by atoms with E-state index in [1.165, 1.54) is 5.56 Å². The summed E-state index contributed by atoms with van der Waals surface area (Å²) >= 11 is 3.42. The summed E-state index contributed by atoms with van der Waals surface area (Å²) in [7, 11) is 0. The largest absolute Gasteiger partial charge is 0.444 e. The summed E-state index contributed by atoms with van der Waals surface area (Å²) < 4.78 is 5.60. The molecule has 146 valence electrons. The van der Waals surface area contributed by atoms with Crippen molar-refractivity contribution in [2.75, 3.05) is 19.6 Å². The summed E-state index contributed by atoms with van der Waals surface area (Å²) in [5.41, 5.74) is 2.00. The van der Waals surface area contributed by atoms with Gasteiger partial charge in [0.1, 0.15) is 10.6 Å². The van der Waals surface area contributed by atoms with Crippen LogP contribution < -0.4 is 0 Å². The molecule has 4 rings (SSSR count). The number of likely N-dealkylation sites (tertiary alicyclic amines) is 2. The number of hydrogen-bond acceptors (Lipinski definition) is 6. The maximum absolute atomic E-state index is 12.5. The van der Waals surface area contributed by atoms with Gasteiger partial charge in [0.25, 0.3) is 0 Å². The molecule has 27 heavy (non-hydrogen) atoms. The fraction of sp³-hybridized carbons (Fsp3) is 0.600. The first-order valence-electron chi connectivity index (χ1n) is 9.55. The predicted octanol–water partition coefficient (Wildman–Crippen LogP) is 4.85. The molecule has 0 N–H and O–H groups in total. The third-order valence-electron chi connectivity index (χ3n) is 5.40. The molecule has 2 aromatic rings. The second-order valence-electron chi connectivity index (χ2n) is 8.56. The third-order valence-corrected chi connectivity index (χ3v) is 7.02. The number of aromatic nitrogens is 1. The molecule has 7 heteroatoms. The molecule has 0 unspecified atom stereocenters. The van der Waals surface area contributed by atoms with Crippen LogP contribution in [0.15, 0.2) is 22.2 Å². The zero-order valence-corrected chi connectivity index (χ0v) is 17.9. The maximum Gasteiger partial charge on any atom is 0.410 e. The van der Waals surface area contributed by atoms with Crippen LogP contribution in [-0.4, -0.2) is 51.7 Å². The summed E-state index contributed by atoms with van der Waals surface area (Å²) in [6.07, 6.45) is 3.15. The van der Waals surface area contributed by atoms with E-state index in [9.17, 15) is 4.79 Å². The van der Waals surface area contributed by atoms with Crippen molar-refractivity contribution in [3.8, 4) is 10.6 Å². The van der Waals surface area contributed by atoms with Crippen LogP contribution in [0.1, 0.15) is 45.7 Å². The van der Waals surface area contributed by atoms with Gasteiger partial charge in [0, 0.05) is 48.0 Å². The van der Waals surface area contributed by atoms with Crippen molar-refractivity contribution in [1.82, 2.24) is 14.8 Å². The second-order valence-corrected chi connectivity index (χ2v) is 10.2. The van der Waals surface area contributed by atoms with Crippen LogP contribution in [0.2, 0.25) is 0 Å². The lowest BCUT2D eigenvalue weighted by molar-refractivity contribution is -0.0748. The molecule has 2 aliphatic rings. The van der Waals surface area contributed by atoms with Crippen molar-refractivity contribution in [3.05, 3.63) is 27.9 Å². The first-order chi connectivity index (χ1) is 12.8. The van der Waals surface area contributed by atoms with Gasteiger partial charge in [-0.05, 0) is 51.5 Å². The van der Waals surface area contributed by atoms with Crippen molar-refractivity contribution in [1.29, 1.82) is 0 Å². The Kier molecular flexibility index (Phi) is 5.03. The van der Waals surface area contributed by atoms with Gasteiger partial charge in [-0.3, -0.25) is 4.90 Å². The first-order valence-corrected chi connectivity index (χ1v) is 11.4. The molecule has 1 amide bonds. The van der Waals surface area contributed by atoms with Gasteiger partial charge in [-0.15, -0.1) is 11.3 Å². The Labute approximate surface area is 169 Å². The third kappa shape index (κ3) is 4.05. The Bertz CT molecular complexity index is 797. The van der Waals surface area contributed by atoms with E-state index in [0.717, 1.165) is 56.1 Å². The number of hydrogen-bond donors (Lipinski definition) is 0. The number of amides is 1. The molecule has 1 atom stereocenters. The van der Waals surface area contributed by atoms with Crippen LogP contribution in [0, 0.1) is 0 Å². The predicted molar refractivity (Wildman–Crippen MR) is 110 cm³/mol. The van der Waals surface area contributed by atoms with E-state index in [-0.39, 0.29) is 11.6 Å². The normalized spacial score (nSPS) is 23.4. The van der Waals surface area contributed by atoms with Gasteiger partial charge < -0.3 is 9.64 Å². The summed E-state index contributed by atoms with van der Waals surface area (Å²) in [4.78, 5) is 21.8. The van der Waals surface area contributed by atoms with Crippen molar-refractivity contribution < 1.29 is 9.53 Å². The first kappa shape index (κ1) is 18.9. The molecule has 1 spiro atoms. The van der Waals surface area contributed by atoms with Crippen LogP contribution in [0.5, 0.6) is 0 Å². The van der Waals surface area contributed by atoms with Crippen molar-refractivity contribution in [3.63, 3.8) is 0 Å². The van der Waals surface area contributed by atoms with Crippen LogP contribution in [0.25, 0.3) is 10.6 Å². The molecule has 0 aliphatic carbocycles. The number of nitrogens with zero attached hydrogens (tertiary/aromatic N) is 3. The van der Waals surface area contributed by atoms with E-state index in [4.69, 9.17) is 9.72 Å². The lowest BCUT2D eigenvalue weighted by Crippen LogP contribution is -2.67. The highest BCUT2D eigenvalue weighted by Gasteiger charge is 2.48. The molecule has 2 saturated heterocycles. The highest BCUT2D eigenvalue weighted by Crippen LogP contribution is 2.40. The summed E-state index contributed by atoms with van der Waals surface area (Å²) in [6.45, 7) is 9.28. The minimum Gasteiger partial charge on any atom is -0.444 e. The Balaban J connectivity index is 1.41. The molecule has 0 aromatic carbocycles. The molecular weight excluding hydrogens is 378 g/mol. The summed E-state index contributed by atoms with van der Waals surface area (Å²) in [5, 5.41) is 7.51. The standard InChI is InChI=1S/C20H27N3O2S2/c1-19(2,3)25-18(24)22-8-4-6-20(14-22)7-9-23(20)11-16-13-27-17(21-16)15-5-10-26-12-15/h5,10,12-13H,4,6-9,11,14H2,1-3H3/t20-/m1/s1. The molecule has 0 saturated carbocycles. The number of thiazole rings is 1. The van der Waals surface area contributed by atoms with Gasteiger partial charge in [0.2, 0.25) is 0 Å². The van der Waals surface area contributed by atoms with Crippen LogP contribution >= 0.6 is 22.7 Å². The quantitative estimate of drug-likeness (QED) is 0.732. The van der Waals surface area contributed by atoms with Gasteiger partial charge in [0.15, 0.2) is 0 Å². The van der Waals surface area contributed by atoms with E-state index < -0.39 is 5.60 Å². The van der Waals surface area contributed by atoms with Gasteiger partial charge in [-0.2, -0.15) is 11.3 Å². The molecule has 0 bridgehead atoms. The molecular formula is C20H27N3O2S2. The molecule has 2 aromatic heterocycles. The zero-order chi connectivity index (χ0) is 19.1. The van der Waals surface area contributed by atoms with Crippen molar-refractivity contribution in [2.45, 2.75) is 57.7 Å².